The summed E-state index contributed by atoms with van der Waals surface area (Å²) >= 11 is 0. The number of halogens is 1. The highest BCUT2D eigenvalue weighted by atomic mass is 19.1. The van der Waals surface area contributed by atoms with Crippen molar-refractivity contribution in [3.05, 3.63) is 24.3 Å². The Morgan fingerprint density at radius 3 is 2.82 bits per heavy atom. The van der Waals surface area contributed by atoms with E-state index in [1.807, 2.05) is 0 Å². The largest absolute Gasteiger partial charge is 0.489 e. The topological polar surface area (TPSA) is 78.9 Å². The molecule has 2 rings (SSSR count). The fraction of sp³-hybridized carbons (Fsp3) is 0.467. The molecule has 2 amide bonds. The van der Waals surface area contributed by atoms with Gasteiger partial charge in [0.05, 0.1) is 11.1 Å². The van der Waals surface area contributed by atoms with Gasteiger partial charge in [-0.15, -0.1) is 0 Å². The van der Waals surface area contributed by atoms with Crippen LogP contribution in [0.25, 0.3) is 0 Å². The molecule has 1 fully saturated rings. The lowest BCUT2D eigenvalue weighted by Crippen LogP contribution is -2.37. The second-order valence-corrected chi connectivity index (χ2v) is 5.50. The minimum Gasteiger partial charge on any atom is -0.489 e. The number of nitrogens with one attached hydrogen (secondary N) is 1. The molecule has 2 N–H and O–H groups in total. The summed E-state index contributed by atoms with van der Waals surface area (Å²) in [6, 6.07) is 6.35. The number of alkyl halides is 1. The molecule has 22 heavy (non-hydrogen) atoms. The maximum atomic E-state index is 12.2. The molecule has 120 valence electrons. The Bertz CT molecular complexity index is 566. The van der Waals surface area contributed by atoms with Gasteiger partial charge in [0, 0.05) is 13.1 Å². The van der Waals surface area contributed by atoms with E-state index in [1.165, 1.54) is 4.90 Å². The van der Waals surface area contributed by atoms with Crippen LogP contribution >= 0.6 is 0 Å². The third-order valence-electron chi connectivity index (χ3n) is 3.74. The number of hydrogen-bond acceptors (Lipinski definition) is 3. The van der Waals surface area contributed by atoms with Crippen LogP contribution in [0.2, 0.25) is 0 Å². The summed E-state index contributed by atoms with van der Waals surface area (Å²) in [5, 5.41) is 11.9. The molecule has 6 nitrogen and oxygen atoms in total. The zero-order valence-corrected chi connectivity index (χ0v) is 12.3. The van der Waals surface area contributed by atoms with Gasteiger partial charge >= 0.3 is 12.0 Å². The van der Waals surface area contributed by atoms with Crippen molar-refractivity contribution in [1.29, 1.82) is 0 Å². The van der Waals surface area contributed by atoms with Gasteiger partial charge in [-0.25, -0.2) is 9.18 Å². The number of hydrogen-bond donors (Lipinski definition) is 2. The van der Waals surface area contributed by atoms with Crippen molar-refractivity contribution in [2.75, 3.05) is 31.7 Å². The van der Waals surface area contributed by atoms with Gasteiger partial charge in [0.25, 0.3) is 0 Å². The zero-order valence-electron chi connectivity index (χ0n) is 12.3. The Labute approximate surface area is 127 Å². The summed E-state index contributed by atoms with van der Waals surface area (Å²) in [7, 11) is 0. The van der Waals surface area contributed by atoms with Gasteiger partial charge in [-0.05, 0) is 25.5 Å². The first kappa shape index (κ1) is 16.1. The number of carbonyl (C=O) groups is 2. The molecule has 1 saturated heterocycles. The highest BCUT2D eigenvalue weighted by Crippen LogP contribution is 2.31. The molecular formula is C15H19FN2O4. The van der Waals surface area contributed by atoms with Crippen molar-refractivity contribution >= 4 is 17.7 Å². The first-order valence-corrected chi connectivity index (χ1v) is 7.03. The summed E-state index contributed by atoms with van der Waals surface area (Å²) in [6.07, 6.45) is 0.412. The quantitative estimate of drug-likeness (QED) is 0.875. The standard InChI is InChI=1S/C15H19FN2O4/c1-15(13(19)20)6-8-18(10-15)14(21)17-11-4-2-3-5-12(11)22-9-7-16/h2-5H,6-10H2,1H3,(H,17,21)(H,19,20). The minimum absolute atomic E-state index is 0.0896. The van der Waals surface area contributed by atoms with Crippen molar-refractivity contribution < 1.29 is 23.8 Å². The Hall–Kier alpha value is -2.31. The molecule has 1 aromatic rings. The molecule has 1 unspecified atom stereocenters. The lowest BCUT2D eigenvalue weighted by Gasteiger charge is -2.21. The van der Waals surface area contributed by atoms with Crippen molar-refractivity contribution in [2.24, 2.45) is 5.41 Å². The molecule has 1 aromatic carbocycles. The van der Waals surface area contributed by atoms with Gasteiger partial charge in [0.15, 0.2) is 0 Å². The van der Waals surface area contributed by atoms with Gasteiger partial charge in [0.2, 0.25) is 0 Å². The molecule has 0 bridgehead atoms. The number of carbonyl (C=O) groups excluding carboxylic acids is 1. The van der Waals surface area contributed by atoms with E-state index < -0.39 is 18.1 Å². The lowest BCUT2D eigenvalue weighted by molar-refractivity contribution is -0.146. The van der Waals surface area contributed by atoms with Gasteiger partial charge < -0.3 is 20.1 Å². The molecule has 7 heteroatoms. The molecule has 0 saturated carbocycles. The predicted molar refractivity (Wildman–Crippen MR) is 78.9 cm³/mol. The van der Waals surface area contributed by atoms with Crippen LogP contribution in [0, 0.1) is 5.41 Å². The van der Waals surface area contributed by atoms with Gasteiger partial charge in [0.1, 0.15) is 19.0 Å². The summed E-state index contributed by atoms with van der Waals surface area (Å²) in [4.78, 5) is 24.9. The van der Waals surface area contributed by atoms with E-state index in [1.54, 1.807) is 31.2 Å². The second-order valence-electron chi connectivity index (χ2n) is 5.50. The van der Waals surface area contributed by atoms with E-state index in [4.69, 9.17) is 4.74 Å². The smallest absolute Gasteiger partial charge is 0.321 e. The highest BCUT2D eigenvalue weighted by molar-refractivity contribution is 5.91. The normalized spacial score (nSPS) is 20.7. The third kappa shape index (κ3) is 3.47. The predicted octanol–water partition coefficient (Wildman–Crippen LogP) is 2.36. The van der Waals surface area contributed by atoms with Crippen molar-refractivity contribution in [2.45, 2.75) is 13.3 Å². The molecule has 1 heterocycles. The Kier molecular flexibility index (Phi) is 4.85. The lowest BCUT2D eigenvalue weighted by atomic mass is 9.90. The van der Waals surface area contributed by atoms with Crippen LogP contribution in [0.1, 0.15) is 13.3 Å². The number of urea groups is 1. The van der Waals surface area contributed by atoms with Crippen molar-refractivity contribution in [3.63, 3.8) is 0 Å². The number of benzene rings is 1. The number of para-hydroxylation sites is 2. The van der Waals surface area contributed by atoms with Crippen molar-refractivity contribution in [3.8, 4) is 5.75 Å². The van der Waals surface area contributed by atoms with Crippen LogP contribution in [-0.4, -0.2) is 48.4 Å². The van der Waals surface area contributed by atoms with Crippen LogP contribution in [-0.2, 0) is 4.79 Å². The van der Waals surface area contributed by atoms with Crippen LogP contribution < -0.4 is 10.1 Å². The molecule has 0 aliphatic carbocycles. The Morgan fingerprint density at radius 2 is 2.18 bits per heavy atom. The molecular weight excluding hydrogens is 291 g/mol. The molecule has 1 atom stereocenters. The first-order valence-electron chi connectivity index (χ1n) is 7.03. The zero-order chi connectivity index (χ0) is 16.2. The molecule has 1 aliphatic heterocycles. The maximum absolute atomic E-state index is 12.2. The van der Waals surface area contributed by atoms with Crippen LogP contribution in [0.5, 0.6) is 5.75 Å². The number of aliphatic carboxylic acids is 1. The monoisotopic (exact) mass is 310 g/mol. The van der Waals surface area contributed by atoms with E-state index in [9.17, 15) is 19.1 Å². The number of ether oxygens (including phenoxy) is 1. The number of amides is 2. The summed E-state index contributed by atoms with van der Waals surface area (Å²) in [5.41, 5.74) is -0.480. The van der Waals surface area contributed by atoms with Gasteiger partial charge in [-0.2, -0.15) is 0 Å². The molecule has 0 spiro atoms. The fourth-order valence-corrected chi connectivity index (χ4v) is 2.35. The Morgan fingerprint density at radius 1 is 1.45 bits per heavy atom. The highest BCUT2D eigenvalue weighted by Gasteiger charge is 2.42. The first-order chi connectivity index (χ1) is 10.5. The van der Waals surface area contributed by atoms with Crippen LogP contribution in [0.4, 0.5) is 14.9 Å². The summed E-state index contributed by atoms with van der Waals surface area (Å²) in [5.74, 6) is -0.525. The Balaban J connectivity index is 2.03. The number of rotatable bonds is 5. The molecule has 0 aromatic heterocycles. The number of likely N-dealkylation sites (tertiary alicyclic amines) is 1. The average molecular weight is 310 g/mol. The summed E-state index contributed by atoms with van der Waals surface area (Å²) < 4.78 is 17.4. The van der Waals surface area contributed by atoms with E-state index in [0.29, 0.717) is 24.4 Å². The van der Waals surface area contributed by atoms with E-state index in [-0.39, 0.29) is 19.2 Å². The van der Waals surface area contributed by atoms with Gasteiger partial charge in [-0.3, -0.25) is 4.79 Å². The molecule has 0 radical (unpaired) electrons. The van der Waals surface area contributed by atoms with Gasteiger partial charge in [-0.1, -0.05) is 12.1 Å². The number of anilines is 1. The number of nitrogens with zero attached hydrogens (tertiary/aromatic N) is 1. The second kappa shape index (κ2) is 6.64. The van der Waals surface area contributed by atoms with E-state index >= 15 is 0 Å². The average Bonchev–Trinajstić information content (AvgIpc) is 2.90. The van der Waals surface area contributed by atoms with Crippen LogP contribution in [0.3, 0.4) is 0 Å². The fourth-order valence-electron chi connectivity index (χ4n) is 2.35. The summed E-state index contributed by atoms with van der Waals surface area (Å²) in [6.45, 7) is 1.45. The third-order valence-corrected chi connectivity index (χ3v) is 3.74. The number of carboxylic acid groups (broad SMARTS) is 1. The molecule has 1 aliphatic rings. The van der Waals surface area contributed by atoms with Crippen LogP contribution in [0.15, 0.2) is 24.3 Å². The minimum atomic E-state index is -0.915. The maximum Gasteiger partial charge on any atom is 0.321 e. The SMILES string of the molecule is CC1(C(=O)O)CCN(C(=O)Nc2ccccc2OCCF)C1. The van der Waals surface area contributed by atoms with Crippen molar-refractivity contribution in [1.82, 2.24) is 4.90 Å². The van der Waals surface area contributed by atoms with E-state index in [0.717, 1.165) is 0 Å². The number of carboxylic acids is 1. The van der Waals surface area contributed by atoms with E-state index in [2.05, 4.69) is 5.32 Å².